The predicted octanol–water partition coefficient (Wildman–Crippen LogP) is 1.64. The number of rotatable bonds is 6. The van der Waals surface area contributed by atoms with Gasteiger partial charge in [-0.05, 0) is 24.1 Å². The molecule has 0 saturated carbocycles. The van der Waals surface area contributed by atoms with E-state index in [-0.39, 0.29) is 5.91 Å². The van der Waals surface area contributed by atoms with Crippen LogP contribution in [0.2, 0.25) is 0 Å². The van der Waals surface area contributed by atoms with Crippen LogP contribution in [0.25, 0.3) is 0 Å². The zero-order chi connectivity index (χ0) is 12.7. The molecule has 0 saturated heterocycles. The van der Waals surface area contributed by atoms with E-state index < -0.39 is 6.10 Å². The number of aliphatic hydroxyl groups is 1. The molecule has 0 aliphatic heterocycles. The van der Waals surface area contributed by atoms with Gasteiger partial charge in [0.1, 0.15) is 5.75 Å². The molecule has 0 bridgehead atoms. The summed E-state index contributed by atoms with van der Waals surface area (Å²) < 4.78 is 5.40. The van der Waals surface area contributed by atoms with E-state index in [1.807, 2.05) is 19.1 Å². The van der Waals surface area contributed by atoms with Gasteiger partial charge in [-0.25, -0.2) is 0 Å². The zero-order valence-corrected chi connectivity index (χ0v) is 10.3. The number of hydrogen-bond acceptors (Lipinski definition) is 3. The number of aliphatic hydroxyl groups excluding tert-OH is 1. The van der Waals surface area contributed by atoms with E-state index in [0.29, 0.717) is 25.2 Å². The largest absolute Gasteiger partial charge is 0.493 e. The minimum Gasteiger partial charge on any atom is -0.493 e. The SMILES string of the molecule is CC[C@@H](O)c1ccc(OCCC(=O)NC)cc1. The van der Waals surface area contributed by atoms with Gasteiger partial charge in [0, 0.05) is 7.05 Å². The number of carbonyl (C=O) groups is 1. The Morgan fingerprint density at radius 2 is 2.06 bits per heavy atom. The summed E-state index contributed by atoms with van der Waals surface area (Å²) in [6, 6.07) is 7.28. The molecule has 1 aromatic carbocycles. The predicted molar refractivity (Wildman–Crippen MR) is 65.9 cm³/mol. The molecule has 4 heteroatoms. The fourth-order valence-corrected chi connectivity index (χ4v) is 1.41. The average Bonchev–Trinajstić information content (AvgIpc) is 2.38. The Morgan fingerprint density at radius 3 is 2.59 bits per heavy atom. The van der Waals surface area contributed by atoms with Crippen molar-refractivity contribution in [3.63, 3.8) is 0 Å². The minimum atomic E-state index is -0.421. The number of amides is 1. The molecule has 0 radical (unpaired) electrons. The highest BCUT2D eigenvalue weighted by Gasteiger charge is 2.04. The highest BCUT2D eigenvalue weighted by Crippen LogP contribution is 2.19. The van der Waals surface area contributed by atoms with E-state index in [1.165, 1.54) is 0 Å². The third-order valence-electron chi connectivity index (χ3n) is 2.53. The summed E-state index contributed by atoms with van der Waals surface area (Å²) in [6.45, 7) is 2.29. The maximum atomic E-state index is 11.0. The highest BCUT2D eigenvalue weighted by molar-refractivity contribution is 5.75. The first-order valence-electron chi connectivity index (χ1n) is 5.78. The third-order valence-corrected chi connectivity index (χ3v) is 2.53. The topological polar surface area (TPSA) is 58.6 Å². The Labute approximate surface area is 102 Å². The maximum absolute atomic E-state index is 11.0. The van der Waals surface area contributed by atoms with E-state index in [1.54, 1.807) is 19.2 Å². The van der Waals surface area contributed by atoms with Gasteiger partial charge in [0.25, 0.3) is 0 Å². The summed E-state index contributed by atoms with van der Waals surface area (Å²) in [7, 11) is 1.60. The Hall–Kier alpha value is -1.55. The molecule has 0 unspecified atom stereocenters. The second-order valence-electron chi connectivity index (χ2n) is 3.76. The van der Waals surface area contributed by atoms with Crippen LogP contribution in [0.3, 0.4) is 0 Å². The summed E-state index contributed by atoms with van der Waals surface area (Å²) >= 11 is 0. The molecule has 1 aromatic rings. The molecule has 0 fully saturated rings. The van der Waals surface area contributed by atoms with Crippen LogP contribution in [-0.4, -0.2) is 24.7 Å². The molecule has 94 valence electrons. The highest BCUT2D eigenvalue weighted by atomic mass is 16.5. The van der Waals surface area contributed by atoms with Crippen LogP contribution in [0.1, 0.15) is 31.4 Å². The maximum Gasteiger partial charge on any atom is 0.223 e. The molecule has 1 rings (SSSR count). The number of carbonyl (C=O) groups excluding carboxylic acids is 1. The molecule has 1 amide bonds. The van der Waals surface area contributed by atoms with Crippen molar-refractivity contribution in [1.29, 1.82) is 0 Å². The molecule has 4 nitrogen and oxygen atoms in total. The Kier molecular flexibility index (Phi) is 5.49. The van der Waals surface area contributed by atoms with Crippen molar-refractivity contribution in [2.45, 2.75) is 25.9 Å². The molecule has 17 heavy (non-hydrogen) atoms. The van der Waals surface area contributed by atoms with E-state index in [0.717, 1.165) is 5.56 Å². The van der Waals surface area contributed by atoms with Crippen molar-refractivity contribution < 1.29 is 14.6 Å². The van der Waals surface area contributed by atoms with E-state index in [4.69, 9.17) is 4.74 Å². The molecule has 2 N–H and O–H groups in total. The second kappa shape index (κ2) is 6.91. The molecular weight excluding hydrogens is 218 g/mol. The van der Waals surface area contributed by atoms with E-state index in [9.17, 15) is 9.90 Å². The lowest BCUT2D eigenvalue weighted by molar-refractivity contribution is -0.121. The molecular formula is C13H19NO3. The van der Waals surface area contributed by atoms with Crippen LogP contribution < -0.4 is 10.1 Å². The fraction of sp³-hybridized carbons (Fsp3) is 0.462. The summed E-state index contributed by atoms with van der Waals surface area (Å²) in [6.07, 6.45) is 0.613. The van der Waals surface area contributed by atoms with Gasteiger partial charge in [0.2, 0.25) is 5.91 Å². The Morgan fingerprint density at radius 1 is 1.41 bits per heavy atom. The van der Waals surface area contributed by atoms with Gasteiger partial charge < -0.3 is 15.2 Å². The lowest BCUT2D eigenvalue weighted by atomic mass is 10.1. The summed E-state index contributed by atoms with van der Waals surface area (Å²) in [5.41, 5.74) is 0.881. The summed E-state index contributed by atoms with van der Waals surface area (Å²) in [4.78, 5) is 11.0. The van der Waals surface area contributed by atoms with Crippen LogP contribution in [0, 0.1) is 0 Å². The van der Waals surface area contributed by atoms with E-state index >= 15 is 0 Å². The molecule has 0 aromatic heterocycles. The standard InChI is InChI=1S/C13H19NO3/c1-3-12(15)10-4-6-11(7-5-10)17-9-8-13(16)14-2/h4-7,12,15H,3,8-9H2,1-2H3,(H,14,16)/t12-/m1/s1. The zero-order valence-electron chi connectivity index (χ0n) is 10.3. The molecule has 0 aliphatic rings. The average molecular weight is 237 g/mol. The van der Waals surface area contributed by atoms with Crippen molar-refractivity contribution in [3.05, 3.63) is 29.8 Å². The first-order valence-corrected chi connectivity index (χ1v) is 5.78. The lowest BCUT2D eigenvalue weighted by Gasteiger charge is -2.09. The van der Waals surface area contributed by atoms with Crippen LogP contribution in [0.5, 0.6) is 5.75 Å². The van der Waals surface area contributed by atoms with E-state index in [2.05, 4.69) is 5.32 Å². The van der Waals surface area contributed by atoms with Crippen molar-refractivity contribution in [2.24, 2.45) is 0 Å². The van der Waals surface area contributed by atoms with Crippen LogP contribution in [0.4, 0.5) is 0 Å². The van der Waals surface area contributed by atoms with Gasteiger partial charge in [0.05, 0.1) is 19.1 Å². The van der Waals surface area contributed by atoms with Crippen molar-refractivity contribution in [3.8, 4) is 5.75 Å². The second-order valence-corrected chi connectivity index (χ2v) is 3.76. The molecule has 0 aliphatic carbocycles. The number of ether oxygens (including phenoxy) is 1. The number of hydrogen-bond donors (Lipinski definition) is 2. The summed E-state index contributed by atoms with van der Waals surface area (Å²) in [5.74, 6) is 0.670. The Balaban J connectivity index is 2.43. The quantitative estimate of drug-likeness (QED) is 0.791. The molecule has 0 heterocycles. The van der Waals surface area contributed by atoms with Crippen LogP contribution in [0.15, 0.2) is 24.3 Å². The summed E-state index contributed by atoms with van der Waals surface area (Å²) in [5, 5.41) is 12.1. The molecule has 1 atom stereocenters. The number of benzene rings is 1. The first-order chi connectivity index (χ1) is 8.17. The van der Waals surface area contributed by atoms with Gasteiger partial charge in [0.15, 0.2) is 0 Å². The van der Waals surface area contributed by atoms with Gasteiger partial charge in [-0.15, -0.1) is 0 Å². The van der Waals surface area contributed by atoms with Crippen molar-refractivity contribution in [2.75, 3.05) is 13.7 Å². The third kappa shape index (κ3) is 4.44. The van der Waals surface area contributed by atoms with Gasteiger partial charge in [-0.2, -0.15) is 0 Å². The van der Waals surface area contributed by atoms with Gasteiger partial charge in [-0.1, -0.05) is 19.1 Å². The van der Waals surface area contributed by atoms with Crippen LogP contribution >= 0.6 is 0 Å². The normalized spacial score (nSPS) is 11.9. The monoisotopic (exact) mass is 237 g/mol. The smallest absolute Gasteiger partial charge is 0.223 e. The van der Waals surface area contributed by atoms with Crippen molar-refractivity contribution in [1.82, 2.24) is 5.32 Å². The number of nitrogens with one attached hydrogen (secondary N) is 1. The Bertz CT molecular complexity index is 348. The van der Waals surface area contributed by atoms with Gasteiger partial charge in [-0.3, -0.25) is 4.79 Å². The molecule has 0 spiro atoms. The fourth-order valence-electron chi connectivity index (χ4n) is 1.41. The van der Waals surface area contributed by atoms with Crippen molar-refractivity contribution >= 4 is 5.91 Å². The van der Waals surface area contributed by atoms with Gasteiger partial charge >= 0.3 is 0 Å². The minimum absolute atomic E-state index is 0.0389. The lowest BCUT2D eigenvalue weighted by Crippen LogP contribution is -2.20. The van der Waals surface area contributed by atoms with Crippen LogP contribution in [-0.2, 0) is 4.79 Å². The first kappa shape index (κ1) is 13.5.